The summed E-state index contributed by atoms with van der Waals surface area (Å²) in [6, 6.07) is 9.51. The van der Waals surface area contributed by atoms with E-state index < -0.39 is 6.10 Å². The summed E-state index contributed by atoms with van der Waals surface area (Å²) in [6.45, 7) is 1.79. The van der Waals surface area contributed by atoms with E-state index in [-0.39, 0.29) is 18.8 Å². The zero-order valence-corrected chi connectivity index (χ0v) is 16.9. The molecule has 1 aromatic carbocycles. The van der Waals surface area contributed by atoms with Crippen LogP contribution in [0.1, 0.15) is 40.8 Å². The van der Waals surface area contributed by atoms with Gasteiger partial charge in [-0.2, -0.15) is 0 Å². The Balaban J connectivity index is 1.54. The predicted molar refractivity (Wildman–Crippen MR) is 107 cm³/mol. The maximum absolute atomic E-state index is 10.1. The highest BCUT2D eigenvalue weighted by Crippen LogP contribution is 2.34. The number of aliphatic hydroxyl groups excluding tert-OH is 2. The van der Waals surface area contributed by atoms with Gasteiger partial charge >= 0.3 is 0 Å². The second-order valence-electron chi connectivity index (χ2n) is 6.99. The minimum absolute atomic E-state index is 0.103. The molecule has 2 aromatic heterocycles. The Morgan fingerprint density at radius 2 is 2.07 bits per heavy atom. The van der Waals surface area contributed by atoms with Crippen molar-refractivity contribution in [3.8, 4) is 10.8 Å². The Kier molecular flexibility index (Phi) is 5.80. The summed E-state index contributed by atoms with van der Waals surface area (Å²) in [5.74, 6) is 1.54. The largest absolute Gasteiger partial charge is 0.459 e. The number of aliphatic hydroxyl groups is 2. The lowest BCUT2D eigenvalue weighted by Crippen LogP contribution is -2.33. The Morgan fingerprint density at radius 1 is 1.21 bits per heavy atom. The van der Waals surface area contributed by atoms with Gasteiger partial charge in [-0.3, -0.25) is 0 Å². The van der Waals surface area contributed by atoms with Crippen LogP contribution < -0.4 is 0 Å². The van der Waals surface area contributed by atoms with E-state index in [1.807, 2.05) is 37.3 Å². The van der Waals surface area contributed by atoms with Crippen LogP contribution >= 0.6 is 22.9 Å². The second-order valence-corrected chi connectivity index (χ2v) is 8.46. The molecule has 28 heavy (non-hydrogen) atoms. The minimum Gasteiger partial charge on any atom is -0.459 e. The number of halogens is 1. The number of aromatic nitrogens is 2. The molecule has 8 heteroatoms. The monoisotopic (exact) mass is 420 g/mol. The highest BCUT2D eigenvalue weighted by Gasteiger charge is 2.29. The number of aryl methyl sites for hydroxylation is 1. The molecule has 0 radical (unpaired) electrons. The van der Waals surface area contributed by atoms with E-state index in [0.717, 1.165) is 26.9 Å². The molecular weight excluding hydrogens is 400 g/mol. The third kappa shape index (κ3) is 4.29. The molecule has 3 heterocycles. The number of benzene rings is 1. The van der Waals surface area contributed by atoms with Gasteiger partial charge in [-0.15, -0.1) is 10.2 Å². The first-order chi connectivity index (χ1) is 13.5. The first-order valence-corrected chi connectivity index (χ1v) is 10.3. The second kappa shape index (κ2) is 8.31. The summed E-state index contributed by atoms with van der Waals surface area (Å²) < 4.78 is 11.5. The normalized spacial score (nSPS) is 22.5. The number of rotatable bonds is 5. The van der Waals surface area contributed by atoms with Crippen molar-refractivity contribution in [2.24, 2.45) is 0 Å². The molecule has 1 saturated heterocycles. The van der Waals surface area contributed by atoms with Crippen LogP contribution in [0.15, 0.2) is 34.7 Å². The van der Waals surface area contributed by atoms with E-state index in [9.17, 15) is 10.2 Å². The summed E-state index contributed by atoms with van der Waals surface area (Å²) in [4.78, 5) is 0. The van der Waals surface area contributed by atoms with E-state index in [0.29, 0.717) is 30.0 Å². The van der Waals surface area contributed by atoms with Crippen LogP contribution in [0, 0.1) is 6.92 Å². The Labute approximate surface area is 171 Å². The molecule has 2 N–H and O–H groups in total. The van der Waals surface area contributed by atoms with Crippen molar-refractivity contribution in [3.63, 3.8) is 0 Å². The highest BCUT2D eigenvalue weighted by atomic mass is 35.5. The van der Waals surface area contributed by atoms with E-state index in [1.165, 1.54) is 11.3 Å². The van der Waals surface area contributed by atoms with E-state index in [2.05, 4.69) is 10.2 Å². The molecule has 3 unspecified atom stereocenters. The first kappa shape index (κ1) is 19.5. The average molecular weight is 421 g/mol. The number of furan rings is 1. The van der Waals surface area contributed by atoms with Gasteiger partial charge in [0.05, 0.1) is 24.9 Å². The topological polar surface area (TPSA) is 88.6 Å². The van der Waals surface area contributed by atoms with Crippen molar-refractivity contribution in [2.75, 3.05) is 6.61 Å². The summed E-state index contributed by atoms with van der Waals surface area (Å²) >= 11 is 7.87. The minimum atomic E-state index is -0.488. The molecule has 1 fully saturated rings. The standard InChI is InChI=1S/C20H21ClN2O4S/c1-11-2-5-17(26-11)20-23-22-19(28-20)7-13-6-12(3-4-16(13)21)18-9-14(25)8-15(10-24)27-18/h2-6,14-15,18,24-25H,7-10H2,1H3. The molecule has 0 aliphatic carbocycles. The Bertz CT molecular complexity index is 957. The molecule has 1 aliphatic rings. The molecule has 4 rings (SSSR count). The zero-order valence-electron chi connectivity index (χ0n) is 15.3. The molecule has 0 amide bonds. The van der Waals surface area contributed by atoms with Crippen molar-refractivity contribution < 1.29 is 19.4 Å². The van der Waals surface area contributed by atoms with Crippen molar-refractivity contribution in [1.29, 1.82) is 0 Å². The van der Waals surface area contributed by atoms with Gasteiger partial charge in [0.2, 0.25) is 0 Å². The third-order valence-electron chi connectivity index (χ3n) is 4.78. The third-order valence-corrected chi connectivity index (χ3v) is 6.09. The molecule has 0 bridgehead atoms. The van der Waals surface area contributed by atoms with Crippen molar-refractivity contribution >= 4 is 22.9 Å². The van der Waals surface area contributed by atoms with E-state index in [4.69, 9.17) is 20.8 Å². The molecule has 3 atom stereocenters. The Morgan fingerprint density at radius 3 is 2.82 bits per heavy atom. The molecule has 0 saturated carbocycles. The van der Waals surface area contributed by atoms with Crippen LogP contribution in [-0.4, -0.2) is 39.2 Å². The number of ether oxygens (including phenoxy) is 1. The van der Waals surface area contributed by atoms with Gasteiger partial charge in [0.25, 0.3) is 0 Å². The maximum Gasteiger partial charge on any atom is 0.183 e. The molecule has 0 spiro atoms. The fourth-order valence-electron chi connectivity index (χ4n) is 3.39. The molecule has 3 aromatic rings. The van der Waals surface area contributed by atoms with Gasteiger partial charge in [-0.05, 0) is 36.2 Å². The summed E-state index contributed by atoms with van der Waals surface area (Å²) in [5, 5.41) is 30.1. The highest BCUT2D eigenvalue weighted by molar-refractivity contribution is 7.14. The summed E-state index contributed by atoms with van der Waals surface area (Å²) in [6.07, 6.45) is 0.384. The van der Waals surface area contributed by atoms with Crippen molar-refractivity contribution in [3.05, 3.63) is 57.2 Å². The molecule has 1 aliphatic heterocycles. The number of hydrogen-bond acceptors (Lipinski definition) is 7. The van der Waals surface area contributed by atoms with Crippen LogP contribution in [0.4, 0.5) is 0 Å². The van der Waals surface area contributed by atoms with Gasteiger partial charge in [0.15, 0.2) is 10.8 Å². The summed E-state index contributed by atoms with van der Waals surface area (Å²) in [7, 11) is 0. The van der Waals surface area contributed by atoms with Crippen molar-refractivity contribution in [1.82, 2.24) is 10.2 Å². The predicted octanol–water partition coefficient (Wildman–Crippen LogP) is 3.92. The van der Waals surface area contributed by atoms with Crippen LogP contribution in [0.2, 0.25) is 5.02 Å². The van der Waals surface area contributed by atoms with Crippen molar-refractivity contribution in [2.45, 2.75) is 44.5 Å². The fraction of sp³-hybridized carbons (Fsp3) is 0.400. The lowest BCUT2D eigenvalue weighted by atomic mass is 9.95. The van der Waals surface area contributed by atoms with Gasteiger partial charge in [-0.25, -0.2) is 0 Å². The molecule has 148 valence electrons. The van der Waals surface area contributed by atoms with Gasteiger partial charge in [0.1, 0.15) is 10.8 Å². The Hall–Kier alpha value is -1.77. The SMILES string of the molecule is Cc1ccc(-c2nnc(Cc3cc(C4CC(O)CC(CO)O4)ccc3Cl)s2)o1. The van der Waals surface area contributed by atoms with Crippen LogP contribution in [0.3, 0.4) is 0 Å². The fourth-order valence-corrected chi connectivity index (χ4v) is 4.40. The number of hydrogen-bond donors (Lipinski definition) is 2. The maximum atomic E-state index is 10.1. The van der Waals surface area contributed by atoms with Gasteiger partial charge < -0.3 is 19.4 Å². The van der Waals surface area contributed by atoms with Crippen LogP contribution in [-0.2, 0) is 11.2 Å². The van der Waals surface area contributed by atoms with Gasteiger partial charge in [0, 0.05) is 24.3 Å². The van der Waals surface area contributed by atoms with Gasteiger partial charge in [-0.1, -0.05) is 35.1 Å². The quantitative estimate of drug-likeness (QED) is 0.650. The molecular formula is C20H21ClN2O4S. The number of nitrogens with zero attached hydrogens (tertiary/aromatic N) is 2. The van der Waals surface area contributed by atoms with Crippen LogP contribution in [0.25, 0.3) is 10.8 Å². The lowest BCUT2D eigenvalue weighted by molar-refractivity contribution is -0.113. The zero-order chi connectivity index (χ0) is 19.7. The van der Waals surface area contributed by atoms with E-state index in [1.54, 1.807) is 0 Å². The lowest BCUT2D eigenvalue weighted by Gasteiger charge is -2.32. The summed E-state index contributed by atoms with van der Waals surface area (Å²) in [5.41, 5.74) is 1.85. The van der Waals surface area contributed by atoms with Crippen LogP contribution in [0.5, 0.6) is 0 Å². The smallest absolute Gasteiger partial charge is 0.183 e. The average Bonchev–Trinajstić information content (AvgIpc) is 3.32. The first-order valence-electron chi connectivity index (χ1n) is 9.13. The van der Waals surface area contributed by atoms with E-state index >= 15 is 0 Å². The molecule has 6 nitrogen and oxygen atoms in total.